The van der Waals surface area contributed by atoms with Gasteiger partial charge in [0.15, 0.2) is 5.79 Å². The third-order valence-corrected chi connectivity index (χ3v) is 4.15. The van der Waals surface area contributed by atoms with Crippen LogP contribution < -0.4 is 0 Å². The molecule has 4 N–H and O–H groups in total. The molecule has 1 aromatic carbocycles. The predicted molar refractivity (Wildman–Crippen MR) is 89.9 cm³/mol. The second kappa shape index (κ2) is 5.66. The minimum absolute atomic E-state index is 0.0382. The highest BCUT2D eigenvalue weighted by molar-refractivity contribution is 9.11. The smallest absolute Gasteiger partial charge is 0.190 e. The zero-order chi connectivity index (χ0) is 15.9. The molecule has 0 fully saturated rings. The third kappa shape index (κ3) is 3.33. The highest BCUT2D eigenvalue weighted by atomic mass is 79.9. The summed E-state index contributed by atoms with van der Waals surface area (Å²) in [5.74, 6) is -2.26. The minimum Gasteiger partial charge on any atom is -0.508 e. The predicted octanol–water partition coefficient (Wildman–Crippen LogP) is 3.51. The number of nitrogens with zero attached hydrogens (tertiary/aromatic N) is 1. The van der Waals surface area contributed by atoms with Crippen molar-refractivity contribution in [3.05, 3.63) is 56.8 Å². The van der Waals surface area contributed by atoms with Crippen LogP contribution >= 0.6 is 31.9 Å². The quantitative estimate of drug-likeness (QED) is 0.552. The van der Waals surface area contributed by atoms with Gasteiger partial charge in [0.2, 0.25) is 0 Å². The lowest BCUT2D eigenvalue weighted by molar-refractivity contribution is -0.115. The number of aliphatic hydroxyl groups excluding tert-OH is 1. The number of nitrogens with one attached hydrogen (secondary N) is 1. The van der Waals surface area contributed by atoms with E-state index in [9.17, 15) is 15.3 Å². The molecule has 0 unspecified atom stereocenters. The molecule has 7 heteroatoms. The van der Waals surface area contributed by atoms with Gasteiger partial charge in [-0.15, -0.1) is 0 Å². The summed E-state index contributed by atoms with van der Waals surface area (Å²) < 4.78 is 1.85. The molecule has 1 aromatic heterocycles. The van der Waals surface area contributed by atoms with Crippen LogP contribution in [0.1, 0.15) is 12.1 Å². The first kappa shape index (κ1) is 15.5. The van der Waals surface area contributed by atoms with Gasteiger partial charge < -0.3 is 15.3 Å². The summed E-state index contributed by atoms with van der Waals surface area (Å²) in [7, 11) is 0. The third-order valence-electron chi connectivity index (χ3n) is 3.23. The van der Waals surface area contributed by atoms with E-state index in [-0.39, 0.29) is 12.2 Å². The van der Waals surface area contributed by atoms with Crippen molar-refractivity contribution in [1.82, 2.24) is 10.2 Å². The molecule has 0 amide bonds. The van der Waals surface area contributed by atoms with E-state index in [1.807, 2.05) is 18.2 Å². The van der Waals surface area contributed by atoms with Gasteiger partial charge >= 0.3 is 0 Å². The van der Waals surface area contributed by atoms with Crippen molar-refractivity contribution in [1.29, 1.82) is 0 Å². The van der Waals surface area contributed by atoms with E-state index < -0.39 is 5.79 Å². The molecule has 0 saturated heterocycles. The molecule has 0 saturated carbocycles. The summed E-state index contributed by atoms with van der Waals surface area (Å²) in [5, 5.41) is 36.1. The van der Waals surface area contributed by atoms with Gasteiger partial charge in [0.05, 0.1) is 11.4 Å². The Morgan fingerprint density at radius 3 is 2.41 bits per heavy atom. The van der Waals surface area contributed by atoms with Crippen molar-refractivity contribution in [2.24, 2.45) is 0 Å². The monoisotopic (exact) mass is 426 g/mol. The summed E-state index contributed by atoms with van der Waals surface area (Å²) in [5.41, 5.74) is 2.81. The molecule has 0 atom stereocenters. The summed E-state index contributed by atoms with van der Waals surface area (Å²) in [6.45, 7) is 0. The fraction of sp³-hybridized carbons (Fsp3) is 0.133. The van der Waals surface area contributed by atoms with Crippen molar-refractivity contribution in [3.63, 3.8) is 0 Å². The molecule has 1 aliphatic carbocycles. The van der Waals surface area contributed by atoms with Gasteiger partial charge in [-0.2, -0.15) is 5.10 Å². The maximum absolute atomic E-state index is 9.70. The largest absolute Gasteiger partial charge is 0.508 e. The maximum atomic E-state index is 9.70. The topological polar surface area (TPSA) is 89.4 Å². The Morgan fingerprint density at radius 1 is 1.09 bits per heavy atom. The number of rotatable bonds is 2. The lowest BCUT2D eigenvalue weighted by Gasteiger charge is -2.22. The lowest BCUT2D eigenvalue weighted by atomic mass is 9.96. The highest BCUT2D eigenvalue weighted by Crippen LogP contribution is 2.32. The van der Waals surface area contributed by atoms with E-state index in [2.05, 4.69) is 42.1 Å². The summed E-state index contributed by atoms with van der Waals surface area (Å²) in [6, 6.07) is 7.61. The van der Waals surface area contributed by atoms with Gasteiger partial charge in [0.25, 0.3) is 0 Å². The van der Waals surface area contributed by atoms with Crippen LogP contribution in [0.5, 0.6) is 0 Å². The van der Waals surface area contributed by atoms with Crippen LogP contribution in [0.15, 0.2) is 51.1 Å². The van der Waals surface area contributed by atoms with Gasteiger partial charge in [0, 0.05) is 27.0 Å². The van der Waals surface area contributed by atoms with Crippen molar-refractivity contribution < 1.29 is 15.3 Å². The molecular weight excluding hydrogens is 416 g/mol. The first-order chi connectivity index (χ1) is 10.3. The zero-order valence-corrected chi connectivity index (χ0v) is 14.4. The zero-order valence-electron chi connectivity index (χ0n) is 11.2. The molecular formula is C15H12Br2N2O3. The van der Waals surface area contributed by atoms with Crippen molar-refractivity contribution >= 4 is 37.4 Å². The SMILES string of the molecule is OC1=CC(O)(O)CC(c2cc(-c3cc(Br)cc(Br)c3)[nH]n2)=C1. The van der Waals surface area contributed by atoms with Crippen LogP contribution in [0.25, 0.3) is 16.8 Å². The molecule has 1 aliphatic rings. The molecule has 2 aromatic rings. The second-order valence-electron chi connectivity index (χ2n) is 5.12. The Bertz CT molecular complexity index is 774. The number of H-pyrrole nitrogens is 1. The Kier molecular flexibility index (Phi) is 3.98. The number of aliphatic hydroxyl groups is 3. The molecule has 114 valence electrons. The van der Waals surface area contributed by atoms with Gasteiger partial charge in [-0.05, 0) is 35.9 Å². The lowest BCUT2D eigenvalue weighted by Crippen LogP contribution is -2.28. The fourth-order valence-electron chi connectivity index (χ4n) is 2.35. The first-order valence-corrected chi connectivity index (χ1v) is 8.00. The minimum atomic E-state index is -2.06. The summed E-state index contributed by atoms with van der Waals surface area (Å²) in [4.78, 5) is 0. The van der Waals surface area contributed by atoms with Crippen molar-refractivity contribution in [2.45, 2.75) is 12.2 Å². The van der Waals surface area contributed by atoms with Gasteiger partial charge in [-0.1, -0.05) is 31.9 Å². The molecule has 0 aliphatic heterocycles. The van der Waals surface area contributed by atoms with Crippen LogP contribution in [-0.4, -0.2) is 31.3 Å². The normalized spacial score (nSPS) is 17.1. The molecule has 0 spiro atoms. The maximum Gasteiger partial charge on any atom is 0.190 e. The summed E-state index contributed by atoms with van der Waals surface area (Å²) >= 11 is 6.87. The summed E-state index contributed by atoms with van der Waals surface area (Å²) in [6.07, 6.45) is 2.43. The molecule has 22 heavy (non-hydrogen) atoms. The number of aromatic amines is 1. The number of aromatic nitrogens is 2. The molecule has 3 rings (SSSR count). The number of hydrogen-bond acceptors (Lipinski definition) is 4. The Labute approximate surface area is 143 Å². The van der Waals surface area contributed by atoms with E-state index >= 15 is 0 Å². The van der Waals surface area contributed by atoms with Crippen LogP contribution in [0, 0.1) is 0 Å². The highest BCUT2D eigenvalue weighted by Gasteiger charge is 2.28. The van der Waals surface area contributed by atoms with E-state index in [4.69, 9.17) is 0 Å². The van der Waals surface area contributed by atoms with Gasteiger partial charge in [0.1, 0.15) is 5.76 Å². The van der Waals surface area contributed by atoms with E-state index in [1.165, 1.54) is 6.08 Å². The number of hydrogen-bond donors (Lipinski definition) is 4. The second-order valence-corrected chi connectivity index (χ2v) is 6.95. The van der Waals surface area contributed by atoms with E-state index in [1.54, 1.807) is 6.07 Å². The molecule has 0 radical (unpaired) electrons. The number of halogens is 2. The standard InChI is InChI=1S/C15H12Br2N2O3/c16-10-1-8(2-11(17)4-10)13-5-14(19-18-13)9-3-12(20)7-15(21,22)6-9/h1-5,7,20-22H,6H2,(H,18,19). The average Bonchev–Trinajstić information content (AvgIpc) is 2.84. The van der Waals surface area contributed by atoms with Crippen LogP contribution in [0.4, 0.5) is 0 Å². The van der Waals surface area contributed by atoms with E-state index in [0.29, 0.717) is 11.3 Å². The Morgan fingerprint density at radius 2 is 1.77 bits per heavy atom. The molecule has 0 bridgehead atoms. The number of allylic oxidation sites excluding steroid dienone is 1. The average molecular weight is 428 g/mol. The molecule has 5 nitrogen and oxygen atoms in total. The van der Waals surface area contributed by atoms with Crippen molar-refractivity contribution in [3.8, 4) is 11.3 Å². The Balaban J connectivity index is 1.96. The van der Waals surface area contributed by atoms with Crippen LogP contribution in [0.3, 0.4) is 0 Å². The van der Waals surface area contributed by atoms with Gasteiger partial charge in [-0.3, -0.25) is 5.10 Å². The Hall–Kier alpha value is -1.41. The first-order valence-electron chi connectivity index (χ1n) is 6.42. The van der Waals surface area contributed by atoms with Crippen LogP contribution in [0.2, 0.25) is 0 Å². The fourth-order valence-corrected chi connectivity index (χ4v) is 3.64. The number of benzene rings is 1. The van der Waals surface area contributed by atoms with Crippen molar-refractivity contribution in [2.75, 3.05) is 0 Å². The van der Waals surface area contributed by atoms with Crippen LogP contribution in [-0.2, 0) is 0 Å². The van der Waals surface area contributed by atoms with E-state index in [0.717, 1.165) is 26.3 Å². The van der Waals surface area contributed by atoms with Gasteiger partial charge in [-0.25, -0.2) is 0 Å². The molecule has 1 heterocycles.